The van der Waals surface area contributed by atoms with E-state index in [9.17, 15) is 17.4 Å². The fourth-order valence-electron chi connectivity index (χ4n) is 1.96. The molecule has 0 heterocycles. The molecule has 0 unspecified atom stereocenters. The van der Waals surface area contributed by atoms with Crippen LogP contribution < -0.4 is 5.32 Å². The van der Waals surface area contributed by atoms with Crippen molar-refractivity contribution < 1.29 is 17.4 Å². The van der Waals surface area contributed by atoms with Gasteiger partial charge in [-0.1, -0.05) is 12.1 Å². The molecule has 0 saturated heterocycles. The minimum Gasteiger partial charge on any atom is -0.380 e. The number of hydrogen-bond acceptors (Lipinski definition) is 3. The molecule has 0 aliphatic heterocycles. The van der Waals surface area contributed by atoms with E-state index in [-0.39, 0.29) is 5.56 Å². The van der Waals surface area contributed by atoms with Crippen LogP contribution in [0.3, 0.4) is 0 Å². The highest BCUT2D eigenvalue weighted by Crippen LogP contribution is 2.31. The highest BCUT2D eigenvalue weighted by Gasteiger charge is 2.31. The van der Waals surface area contributed by atoms with E-state index in [0.29, 0.717) is 17.1 Å². The first-order chi connectivity index (χ1) is 10.8. The van der Waals surface area contributed by atoms with Gasteiger partial charge in [0.25, 0.3) is 0 Å². The third-order valence-corrected chi connectivity index (χ3v) is 4.14. The molecule has 3 nitrogen and oxygen atoms in total. The summed E-state index contributed by atoms with van der Waals surface area (Å²) in [4.78, 5) is 0.695. The fraction of sp³-hybridized carbons (Fsp3) is 0.188. The number of rotatable bonds is 4. The zero-order valence-corrected chi connectivity index (χ0v) is 13.0. The predicted molar refractivity (Wildman–Crippen MR) is 82.3 cm³/mol. The first-order valence-electron chi connectivity index (χ1n) is 6.59. The summed E-state index contributed by atoms with van der Waals surface area (Å²) in [6.07, 6.45) is -2.90. The lowest BCUT2D eigenvalue weighted by Gasteiger charge is -2.12. The summed E-state index contributed by atoms with van der Waals surface area (Å²) in [5.74, 6) is 0. The number of nitrogens with zero attached hydrogens (tertiary/aromatic N) is 1. The summed E-state index contributed by atoms with van der Waals surface area (Å²) in [6, 6.07) is 11.8. The maximum atomic E-state index is 12.6. The van der Waals surface area contributed by atoms with Crippen molar-refractivity contribution in [2.75, 3.05) is 11.6 Å². The van der Waals surface area contributed by atoms with E-state index in [0.717, 1.165) is 17.7 Å². The largest absolute Gasteiger partial charge is 0.416 e. The average Bonchev–Trinajstić information content (AvgIpc) is 2.52. The highest BCUT2D eigenvalue weighted by molar-refractivity contribution is 7.84. The molecule has 0 radical (unpaired) electrons. The van der Waals surface area contributed by atoms with E-state index in [1.165, 1.54) is 6.07 Å². The fourth-order valence-corrected chi connectivity index (χ4v) is 2.48. The van der Waals surface area contributed by atoms with Crippen molar-refractivity contribution in [2.45, 2.75) is 17.6 Å². The van der Waals surface area contributed by atoms with E-state index in [4.69, 9.17) is 5.26 Å². The number of benzene rings is 2. The van der Waals surface area contributed by atoms with Crippen LogP contribution in [-0.4, -0.2) is 10.5 Å². The zero-order chi connectivity index (χ0) is 17.0. The molecule has 2 rings (SSSR count). The molecule has 0 aromatic heterocycles. The summed E-state index contributed by atoms with van der Waals surface area (Å²) >= 11 is 0. The number of alkyl halides is 3. The maximum Gasteiger partial charge on any atom is 0.416 e. The molecule has 23 heavy (non-hydrogen) atoms. The van der Waals surface area contributed by atoms with Crippen molar-refractivity contribution in [3.63, 3.8) is 0 Å². The summed E-state index contributed by atoms with van der Waals surface area (Å²) < 4.78 is 49.2. The Kier molecular flexibility index (Phi) is 5.06. The lowest BCUT2D eigenvalue weighted by molar-refractivity contribution is -0.137. The van der Waals surface area contributed by atoms with Crippen LogP contribution in [0.1, 0.15) is 16.7 Å². The van der Waals surface area contributed by atoms with Crippen LogP contribution in [-0.2, 0) is 23.5 Å². The van der Waals surface area contributed by atoms with Gasteiger partial charge in [-0.3, -0.25) is 4.21 Å². The molecule has 120 valence electrons. The quantitative estimate of drug-likeness (QED) is 0.919. The number of halogens is 3. The smallest absolute Gasteiger partial charge is 0.380 e. The van der Waals surface area contributed by atoms with Crippen molar-refractivity contribution in [1.29, 1.82) is 5.26 Å². The number of anilines is 1. The molecular formula is C16H13F3N2OS. The summed E-state index contributed by atoms with van der Waals surface area (Å²) in [5.41, 5.74) is 0.284. The van der Waals surface area contributed by atoms with Crippen LogP contribution >= 0.6 is 0 Å². The monoisotopic (exact) mass is 338 g/mol. The first-order valence-corrected chi connectivity index (χ1v) is 8.14. The van der Waals surface area contributed by atoms with Gasteiger partial charge in [-0.05, 0) is 35.9 Å². The van der Waals surface area contributed by atoms with Crippen LogP contribution in [0.4, 0.5) is 18.9 Å². The van der Waals surface area contributed by atoms with Gasteiger partial charge in [0, 0.05) is 28.5 Å². The third kappa shape index (κ3) is 4.33. The zero-order valence-electron chi connectivity index (χ0n) is 12.1. The molecule has 0 amide bonds. The molecule has 1 atom stereocenters. The van der Waals surface area contributed by atoms with Crippen molar-refractivity contribution in [3.8, 4) is 6.07 Å². The van der Waals surface area contributed by atoms with Gasteiger partial charge in [0.1, 0.15) is 6.07 Å². The summed E-state index contributed by atoms with van der Waals surface area (Å²) in [6.45, 7) is 0.344. The van der Waals surface area contributed by atoms with Gasteiger partial charge in [0.05, 0.1) is 16.8 Å². The molecule has 0 saturated carbocycles. The number of nitriles is 1. The lowest BCUT2D eigenvalue weighted by Crippen LogP contribution is -2.07. The van der Waals surface area contributed by atoms with Gasteiger partial charge < -0.3 is 5.32 Å². The van der Waals surface area contributed by atoms with Gasteiger partial charge in [-0.25, -0.2) is 0 Å². The van der Waals surface area contributed by atoms with Crippen molar-refractivity contribution in [3.05, 3.63) is 59.2 Å². The van der Waals surface area contributed by atoms with Crippen LogP contribution in [0.25, 0.3) is 0 Å². The Morgan fingerprint density at radius 3 is 2.35 bits per heavy atom. The molecule has 0 bridgehead atoms. The molecule has 0 aliphatic carbocycles. The van der Waals surface area contributed by atoms with E-state index in [1.54, 1.807) is 36.6 Å². The topological polar surface area (TPSA) is 52.9 Å². The molecule has 0 spiro atoms. The predicted octanol–water partition coefficient (Wildman–Crippen LogP) is 3.93. The van der Waals surface area contributed by atoms with Crippen LogP contribution in [0.15, 0.2) is 47.4 Å². The van der Waals surface area contributed by atoms with Crippen LogP contribution in [0.2, 0.25) is 0 Å². The molecule has 0 aliphatic rings. The second-order valence-corrected chi connectivity index (χ2v) is 6.20. The summed E-state index contributed by atoms with van der Waals surface area (Å²) in [7, 11) is -1.06. The molecule has 0 fully saturated rings. The van der Waals surface area contributed by atoms with Crippen LogP contribution in [0, 0.1) is 11.3 Å². The Morgan fingerprint density at radius 1 is 1.17 bits per heavy atom. The summed E-state index contributed by atoms with van der Waals surface area (Å²) in [5, 5.41) is 12.0. The van der Waals surface area contributed by atoms with Gasteiger partial charge in [-0.2, -0.15) is 18.4 Å². The average molecular weight is 338 g/mol. The van der Waals surface area contributed by atoms with Crippen molar-refractivity contribution >= 4 is 16.5 Å². The standard InChI is InChI=1S/C16H13F3N2OS/c1-23(22)14-5-2-11(3-6-14)10-21-15-7-4-13(16(17,18)19)8-12(15)9-20/h2-8,21H,10H2,1H3/t23-/m1/s1. The normalized spacial score (nSPS) is 12.5. The molecule has 2 aromatic rings. The molecule has 7 heteroatoms. The Hall–Kier alpha value is -2.33. The highest BCUT2D eigenvalue weighted by atomic mass is 32.2. The first kappa shape index (κ1) is 17.0. The van der Waals surface area contributed by atoms with Gasteiger partial charge >= 0.3 is 6.18 Å². The Bertz CT molecular complexity index is 764. The van der Waals surface area contributed by atoms with Gasteiger partial charge in [-0.15, -0.1) is 0 Å². The van der Waals surface area contributed by atoms with Crippen molar-refractivity contribution in [1.82, 2.24) is 0 Å². The minimum absolute atomic E-state index is 0.0638. The van der Waals surface area contributed by atoms with E-state index in [2.05, 4.69) is 5.32 Å². The van der Waals surface area contributed by atoms with Gasteiger partial charge in [0.15, 0.2) is 0 Å². The Morgan fingerprint density at radius 2 is 1.83 bits per heavy atom. The Labute approximate surface area is 134 Å². The second kappa shape index (κ2) is 6.84. The lowest BCUT2D eigenvalue weighted by atomic mass is 10.1. The molecular weight excluding hydrogens is 325 g/mol. The van der Waals surface area contributed by atoms with Crippen LogP contribution in [0.5, 0.6) is 0 Å². The van der Waals surface area contributed by atoms with E-state index >= 15 is 0 Å². The molecule has 2 aromatic carbocycles. The van der Waals surface area contributed by atoms with E-state index in [1.807, 2.05) is 0 Å². The minimum atomic E-state index is -4.48. The number of nitrogens with one attached hydrogen (secondary N) is 1. The third-order valence-electron chi connectivity index (χ3n) is 3.21. The SMILES string of the molecule is C[S@@](=O)c1ccc(CNc2ccc(C(F)(F)F)cc2C#N)cc1. The van der Waals surface area contributed by atoms with Crippen molar-refractivity contribution in [2.24, 2.45) is 0 Å². The second-order valence-electron chi connectivity index (χ2n) is 4.82. The van der Waals surface area contributed by atoms with E-state index < -0.39 is 22.5 Å². The number of hydrogen-bond donors (Lipinski definition) is 1. The Balaban J connectivity index is 2.14. The molecule has 1 N–H and O–H groups in total. The maximum absolute atomic E-state index is 12.6. The van der Waals surface area contributed by atoms with Gasteiger partial charge in [0.2, 0.25) is 0 Å².